The van der Waals surface area contributed by atoms with Crippen LogP contribution in [0.25, 0.3) is 11.3 Å². The molecule has 0 saturated heterocycles. The van der Waals surface area contributed by atoms with Crippen LogP contribution in [0.4, 0.5) is 0 Å². The number of aromatic nitrogens is 3. The van der Waals surface area contributed by atoms with Crippen molar-refractivity contribution in [2.45, 2.75) is 6.54 Å². The largest absolute Gasteiger partial charge is 0.476 e. The van der Waals surface area contributed by atoms with Crippen molar-refractivity contribution in [1.82, 2.24) is 15.0 Å². The van der Waals surface area contributed by atoms with Gasteiger partial charge in [-0.15, -0.1) is 11.7 Å². The van der Waals surface area contributed by atoms with Crippen LogP contribution in [0.3, 0.4) is 0 Å². The average molecular weight is 308 g/mol. The molecule has 2 aromatic rings. The fourth-order valence-electron chi connectivity index (χ4n) is 1.63. The minimum absolute atomic E-state index is 0.0660. The number of allylic oxidation sites excluding steroid dienone is 1. The van der Waals surface area contributed by atoms with Crippen LogP contribution < -0.4 is 0 Å². The predicted molar refractivity (Wildman–Crippen MR) is 70.3 cm³/mol. The van der Waals surface area contributed by atoms with Crippen LogP contribution in [0.1, 0.15) is 10.5 Å². The molecule has 0 saturated carbocycles. The summed E-state index contributed by atoms with van der Waals surface area (Å²) in [5.74, 6) is -1.10. The summed E-state index contributed by atoms with van der Waals surface area (Å²) in [4.78, 5) is 11.2. The van der Waals surface area contributed by atoms with Crippen LogP contribution in [0.15, 0.2) is 41.4 Å². The fourth-order valence-corrected chi connectivity index (χ4v) is 2.10. The Balaban J connectivity index is 2.67. The number of halogens is 1. The minimum atomic E-state index is -1.10. The molecule has 0 atom stereocenters. The molecular formula is C12H10BrN3O2. The van der Waals surface area contributed by atoms with Crippen molar-refractivity contribution in [2.24, 2.45) is 0 Å². The van der Waals surface area contributed by atoms with E-state index in [0.29, 0.717) is 12.2 Å². The first-order valence-corrected chi connectivity index (χ1v) is 5.97. The van der Waals surface area contributed by atoms with Gasteiger partial charge in [0.2, 0.25) is 0 Å². The van der Waals surface area contributed by atoms with Gasteiger partial charge in [0.05, 0.1) is 6.54 Å². The standard InChI is InChI=1S/C12H10BrN3O2/c1-2-7-16-11(10(12(17)18)14-15-16)8-5-3-4-6-9(8)13/h2-6H,1,7H2,(H,17,18). The zero-order chi connectivity index (χ0) is 13.1. The molecule has 2 rings (SSSR count). The first kappa shape index (κ1) is 12.5. The Morgan fingerprint density at radius 3 is 2.83 bits per heavy atom. The Morgan fingerprint density at radius 2 is 2.22 bits per heavy atom. The third-order valence-electron chi connectivity index (χ3n) is 2.37. The maximum Gasteiger partial charge on any atom is 0.358 e. The van der Waals surface area contributed by atoms with E-state index in [4.69, 9.17) is 5.11 Å². The topological polar surface area (TPSA) is 68.0 Å². The number of hydrogen-bond donors (Lipinski definition) is 1. The van der Waals surface area contributed by atoms with Crippen LogP contribution in [-0.4, -0.2) is 26.1 Å². The van der Waals surface area contributed by atoms with Crippen LogP contribution in [0.5, 0.6) is 0 Å². The van der Waals surface area contributed by atoms with Crippen LogP contribution >= 0.6 is 15.9 Å². The molecule has 1 aromatic carbocycles. The van der Waals surface area contributed by atoms with Gasteiger partial charge in [-0.1, -0.05) is 45.4 Å². The molecule has 0 spiro atoms. The van der Waals surface area contributed by atoms with Crippen molar-refractivity contribution in [3.63, 3.8) is 0 Å². The maximum absolute atomic E-state index is 11.2. The summed E-state index contributed by atoms with van der Waals surface area (Å²) < 4.78 is 2.30. The van der Waals surface area contributed by atoms with E-state index >= 15 is 0 Å². The van der Waals surface area contributed by atoms with Gasteiger partial charge in [-0.3, -0.25) is 0 Å². The number of carbonyl (C=O) groups is 1. The number of nitrogens with zero attached hydrogens (tertiary/aromatic N) is 3. The fraction of sp³-hybridized carbons (Fsp3) is 0.0833. The van der Waals surface area contributed by atoms with Crippen LogP contribution in [0.2, 0.25) is 0 Å². The van der Waals surface area contributed by atoms with E-state index in [1.807, 2.05) is 24.3 Å². The molecule has 6 heteroatoms. The van der Waals surface area contributed by atoms with Gasteiger partial charge in [0.15, 0.2) is 5.69 Å². The van der Waals surface area contributed by atoms with Crippen molar-refractivity contribution < 1.29 is 9.90 Å². The summed E-state index contributed by atoms with van der Waals surface area (Å²) in [5.41, 5.74) is 1.14. The molecule has 5 nitrogen and oxygen atoms in total. The van der Waals surface area contributed by atoms with Crippen LogP contribution in [0, 0.1) is 0 Å². The zero-order valence-electron chi connectivity index (χ0n) is 9.38. The first-order valence-electron chi connectivity index (χ1n) is 5.17. The molecule has 1 N–H and O–H groups in total. The highest BCUT2D eigenvalue weighted by Gasteiger charge is 2.21. The van der Waals surface area contributed by atoms with E-state index in [1.54, 1.807) is 6.08 Å². The van der Waals surface area contributed by atoms with E-state index in [0.717, 1.165) is 10.0 Å². The second-order valence-corrected chi connectivity index (χ2v) is 4.40. The van der Waals surface area contributed by atoms with Crippen molar-refractivity contribution >= 4 is 21.9 Å². The van der Waals surface area contributed by atoms with Gasteiger partial charge in [-0.25, -0.2) is 9.48 Å². The Morgan fingerprint density at radius 1 is 1.50 bits per heavy atom. The van der Waals surface area contributed by atoms with E-state index in [1.165, 1.54) is 4.68 Å². The van der Waals surface area contributed by atoms with E-state index in [2.05, 4.69) is 32.8 Å². The number of aromatic carboxylic acids is 1. The quantitative estimate of drug-likeness (QED) is 0.882. The normalized spacial score (nSPS) is 10.3. The molecule has 0 aliphatic rings. The lowest BCUT2D eigenvalue weighted by Crippen LogP contribution is -2.04. The number of hydrogen-bond acceptors (Lipinski definition) is 3. The first-order chi connectivity index (χ1) is 8.65. The third-order valence-corrected chi connectivity index (χ3v) is 3.06. The van der Waals surface area contributed by atoms with Crippen molar-refractivity contribution in [3.8, 4) is 11.3 Å². The van der Waals surface area contributed by atoms with Gasteiger partial charge in [-0.05, 0) is 6.07 Å². The lowest BCUT2D eigenvalue weighted by Gasteiger charge is -2.06. The highest BCUT2D eigenvalue weighted by Crippen LogP contribution is 2.29. The molecule has 0 amide bonds. The van der Waals surface area contributed by atoms with Crippen molar-refractivity contribution in [2.75, 3.05) is 0 Å². The van der Waals surface area contributed by atoms with E-state index in [9.17, 15) is 4.79 Å². The molecule has 0 fully saturated rings. The summed E-state index contributed by atoms with van der Waals surface area (Å²) in [6.45, 7) is 4.02. The zero-order valence-corrected chi connectivity index (χ0v) is 11.0. The Hall–Kier alpha value is -1.95. The molecule has 18 heavy (non-hydrogen) atoms. The summed E-state index contributed by atoms with van der Waals surface area (Å²) in [7, 11) is 0. The lowest BCUT2D eigenvalue weighted by atomic mass is 10.1. The van der Waals surface area contributed by atoms with E-state index in [-0.39, 0.29) is 5.69 Å². The minimum Gasteiger partial charge on any atom is -0.476 e. The SMILES string of the molecule is C=CCn1nnc(C(=O)O)c1-c1ccccc1Br. The van der Waals surface area contributed by atoms with E-state index < -0.39 is 5.97 Å². The molecule has 0 unspecified atom stereocenters. The summed E-state index contributed by atoms with van der Waals surface area (Å²) >= 11 is 3.40. The van der Waals surface area contributed by atoms with Gasteiger partial charge in [0.1, 0.15) is 5.69 Å². The lowest BCUT2D eigenvalue weighted by molar-refractivity contribution is 0.0691. The highest BCUT2D eigenvalue weighted by molar-refractivity contribution is 9.10. The second kappa shape index (κ2) is 5.14. The smallest absolute Gasteiger partial charge is 0.358 e. The second-order valence-electron chi connectivity index (χ2n) is 3.54. The number of benzene rings is 1. The predicted octanol–water partition coefficient (Wildman–Crippen LogP) is 2.59. The molecule has 0 radical (unpaired) electrons. The Labute approximate surface area is 112 Å². The van der Waals surface area contributed by atoms with Gasteiger partial charge in [0, 0.05) is 10.0 Å². The van der Waals surface area contributed by atoms with Gasteiger partial charge >= 0.3 is 5.97 Å². The Bertz CT molecular complexity index is 607. The molecule has 0 aliphatic heterocycles. The third kappa shape index (κ3) is 2.19. The highest BCUT2D eigenvalue weighted by atomic mass is 79.9. The van der Waals surface area contributed by atoms with Crippen LogP contribution in [-0.2, 0) is 6.54 Å². The number of carboxylic acids is 1. The molecule has 92 valence electrons. The summed E-state index contributed by atoms with van der Waals surface area (Å²) in [6, 6.07) is 7.34. The molecule has 0 aliphatic carbocycles. The van der Waals surface area contributed by atoms with Crippen molar-refractivity contribution in [1.29, 1.82) is 0 Å². The van der Waals surface area contributed by atoms with Crippen molar-refractivity contribution in [3.05, 3.63) is 47.1 Å². The van der Waals surface area contributed by atoms with Gasteiger partial charge in [-0.2, -0.15) is 0 Å². The number of rotatable bonds is 4. The molecule has 0 bridgehead atoms. The Kier molecular flexibility index (Phi) is 3.57. The average Bonchev–Trinajstić information content (AvgIpc) is 2.74. The molecular weight excluding hydrogens is 298 g/mol. The summed E-state index contributed by atoms with van der Waals surface area (Å²) in [6.07, 6.45) is 1.64. The molecule has 1 heterocycles. The maximum atomic E-state index is 11.2. The number of carboxylic acid groups (broad SMARTS) is 1. The van der Waals surface area contributed by atoms with Gasteiger partial charge in [0.25, 0.3) is 0 Å². The molecule has 1 aromatic heterocycles. The monoisotopic (exact) mass is 307 g/mol. The summed E-state index contributed by atoms with van der Waals surface area (Å²) in [5, 5.41) is 16.7. The van der Waals surface area contributed by atoms with Gasteiger partial charge < -0.3 is 5.11 Å².